The van der Waals surface area contributed by atoms with Crippen molar-refractivity contribution < 1.29 is 8.42 Å². The Labute approximate surface area is 122 Å². The molecule has 0 saturated carbocycles. The van der Waals surface area contributed by atoms with E-state index in [-0.39, 0.29) is 6.04 Å². The van der Waals surface area contributed by atoms with Gasteiger partial charge in [-0.2, -0.15) is 0 Å². The Kier molecular flexibility index (Phi) is 6.91. The maximum Gasteiger partial charge on any atom is 0.175 e. The lowest BCUT2D eigenvalue weighted by Gasteiger charge is -2.17. The van der Waals surface area contributed by atoms with Gasteiger partial charge in [0.2, 0.25) is 0 Å². The van der Waals surface area contributed by atoms with Crippen LogP contribution in [0.4, 0.5) is 0 Å². The van der Waals surface area contributed by atoms with E-state index in [9.17, 15) is 8.42 Å². The van der Waals surface area contributed by atoms with Crippen LogP contribution in [-0.4, -0.2) is 14.7 Å². The molecule has 1 aromatic carbocycles. The van der Waals surface area contributed by atoms with Crippen molar-refractivity contribution in [1.82, 2.24) is 5.43 Å². The monoisotopic (exact) mass is 296 g/mol. The summed E-state index contributed by atoms with van der Waals surface area (Å²) in [4.78, 5) is 0.335. The van der Waals surface area contributed by atoms with Gasteiger partial charge in [0.1, 0.15) is 0 Å². The van der Waals surface area contributed by atoms with Gasteiger partial charge in [-0.25, -0.2) is 8.42 Å². The molecule has 4 nitrogen and oxygen atoms in total. The quantitative estimate of drug-likeness (QED) is 0.318. The molecule has 5 heteroatoms. The molecule has 1 aromatic rings. The summed E-state index contributed by atoms with van der Waals surface area (Å²) in [6.07, 6.45) is 8.36. The molecule has 1 unspecified atom stereocenters. The van der Waals surface area contributed by atoms with Crippen molar-refractivity contribution in [2.75, 3.05) is 6.26 Å². The Bertz CT molecular complexity index is 526. The molecule has 1 atom stereocenters. The van der Waals surface area contributed by atoms with Crippen molar-refractivity contribution in [1.29, 1.82) is 0 Å². The molecule has 0 fully saturated rings. The van der Waals surface area contributed by atoms with Crippen molar-refractivity contribution in [2.24, 2.45) is 5.84 Å². The fourth-order valence-electron chi connectivity index (χ4n) is 2.12. The van der Waals surface area contributed by atoms with Crippen LogP contribution in [0.2, 0.25) is 0 Å². The molecule has 0 heterocycles. The second-order valence-corrected chi connectivity index (χ2v) is 7.01. The maximum atomic E-state index is 11.6. The van der Waals surface area contributed by atoms with E-state index in [2.05, 4.69) is 12.0 Å². The zero-order chi connectivity index (χ0) is 15.0. The number of benzene rings is 1. The molecule has 0 aliphatic carbocycles. The predicted molar refractivity (Wildman–Crippen MR) is 82.9 cm³/mol. The molecule has 0 saturated heterocycles. The van der Waals surface area contributed by atoms with E-state index in [4.69, 9.17) is 5.84 Å². The first kappa shape index (κ1) is 16.9. The fourth-order valence-corrected chi connectivity index (χ4v) is 2.80. The van der Waals surface area contributed by atoms with Crippen LogP contribution in [0.15, 0.2) is 41.8 Å². The van der Waals surface area contributed by atoms with Gasteiger partial charge >= 0.3 is 0 Å². The summed E-state index contributed by atoms with van der Waals surface area (Å²) in [5.41, 5.74) is 3.69. The van der Waals surface area contributed by atoms with Gasteiger partial charge in [0.25, 0.3) is 0 Å². The topological polar surface area (TPSA) is 72.2 Å². The van der Waals surface area contributed by atoms with Gasteiger partial charge in [0, 0.05) is 12.3 Å². The third-order valence-corrected chi connectivity index (χ3v) is 4.40. The SMILES string of the molecule is C=CCCCCCC(NN)c1cccc(S(C)(=O)=O)c1. The number of nitrogens with one attached hydrogen (secondary N) is 1. The molecule has 0 spiro atoms. The van der Waals surface area contributed by atoms with Crippen molar-refractivity contribution in [2.45, 2.75) is 43.0 Å². The molecule has 0 aromatic heterocycles. The molecule has 1 rings (SSSR count). The summed E-state index contributed by atoms with van der Waals surface area (Å²) in [6.45, 7) is 3.70. The minimum Gasteiger partial charge on any atom is -0.271 e. The third-order valence-electron chi connectivity index (χ3n) is 3.29. The second-order valence-electron chi connectivity index (χ2n) is 4.99. The van der Waals surface area contributed by atoms with E-state index in [1.165, 1.54) is 6.26 Å². The first-order valence-electron chi connectivity index (χ1n) is 6.86. The van der Waals surface area contributed by atoms with Crippen molar-refractivity contribution >= 4 is 9.84 Å². The van der Waals surface area contributed by atoms with Gasteiger partial charge in [0.05, 0.1) is 4.90 Å². The van der Waals surface area contributed by atoms with E-state index in [0.29, 0.717) is 4.90 Å². The Hall–Kier alpha value is -1.17. The van der Waals surface area contributed by atoms with E-state index in [1.807, 2.05) is 12.1 Å². The maximum absolute atomic E-state index is 11.6. The van der Waals surface area contributed by atoms with E-state index < -0.39 is 9.84 Å². The summed E-state index contributed by atoms with van der Waals surface area (Å²) in [7, 11) is -3.18. The molecule has 0 radical (unpaired) electrons. The van der Waals surface area contributed by atoms with E-state index in [0.717, 1.165) is 37.7 Å². The van der Waals surface area contributed by atoms with Gasteiger partial charge < -0.3 is 0 Å². The number of rotatable bonds is 9. The molecule has 0 aliphatic heterocycles. The van der Waals surface area contributed by atoms with Gasteiger partial charge in [-0.3, -0.25) is 11.3 Å². The van der Waals surface area contributed by atoms with Crippen LogP contribution in [-0.2, 0) is 9.84 Å². The van der Waals surface area contributed by atoms with Crippen LogP contribution in [0.1, 0.15) is 43.7 Å². The lowest BCUT2D eigenvalue weighted by Crippen LogP contribution is -2.28. The number of unbranched alkanes of at least 4 members (excludes halogenated alkanes) is 3. The summed E-state index contributed by atoms with van der Waals surface area (Å²) in [5.74, 6) is 5.59. The Balaban J connectivity index is 2.67. The summed E-state index contributed by atoms with van der Waals surface area (Å²) in [6, 6.07) is 6.96. The number of nitrogens with two attached hydrogens (primary N) is 1. The number of hydrogen-bond acceptors (Lipinski definition) is 4. The van der Waals surface area contributed by atoms with Crippen molar-refractivity contribution in [3.8, 4) is 0 Å². The van der Waals surface area contributed by atoms with Gasteiger partial charge in [0.15, 0.2) is 9.84 Å². The van der Waals surface area contributed by atoms with Crippen LogP contribution in [0.25, 0.3) is 0 Å². The molecular weight excluding hydrogens is 272 g/mol. The lowest BCUT2D eigenvalue weighted by atomic mass is 10.0. The molecule has 0 amide bonds. The average molecular weight is 296 g/mol. The van der Waals surface area contributed by atoms with Gasteiger partial charge in [-0.1, -0.05) is 31.1 Å². The highest BCUT2D eigenvalue weighted by atomic mass is 32.2. The largest absolute Gasteiger partial charge is 0.271 e. The third kappa shape index (κ3) is 5.45. The Morgan fingerprint density at radius 2 is 2.10 bits per heavy atom. The highest BCUT2D eigenvalue weighted by Gasteiger charge is 2.13. The minimum atomic E-state index is -3.18. The van der Waals surface area contributed by atoms with Crippen LogP contribution in [0, 0.1) is 0 Å². The number of allylic oxidation sites excluding steroid dienone is 1. The smallest absolute Gasteiger partial charge is 0.175 e. The number of hydrazine groups is 1. The zero-order valence-electron chi connectivity index (χ0n) is 12.0. The summed E-state index contributed by atoms with van der Waals surface area (Å²) < 4.78 is 23.1. The highest BCUT2D eigenvalue weighted by molar-refractivity contribution is 7.90. The molecule has 0 bridgehead atoms. The highest BCUT2D eigenvalue weighted by Crippen LogP contribution is 2.22. The summed E-state index contributed by atoms with van der Waals surface area (Å²) in [5, 5.41) is 0. The van der Waals surface area contributed by atoms with Crippen LogP contribution in [0.3, 0.4) is 0 Å². The number of sulfone groups is 1. The van der Waals surface area contributed by atoms with Crippen LogP contribution in [0.5, 0.6) is 0 Å². The van der Waals surface area contributed by atoms with Crippen LogP contribution >= 0.6 is 0 Å². The molecule has 0 aliphatic rings. The Morgan fingerprint density at radius 1 is 1.35 bits per heavy atom. The van der Waals surface area contributed by atoms with Crippen molar-refractivity contribution in [3.63, 3.8) is 0 Å². The standard InChI is InChI=1S/C15H24N2O2S/c1-3-4-5-6-7-11-15(17-16)13-9-8-10-14(12-13)20(2,18)19/h3,8-10,12,15,17H,1,4-7,11,16H2,2H3. The minimum absolute atomic E-state index is 0.0135. The normalized spacial score (nSPS) is 13.1. The van der Waals surface area contributed by atoms with Gasteiger partial charge in [-0.15, -0.1) is 6.58 Å². The van der Waals surface area contributed by atoms with E-state index >= 15 is 0 Å². The first-order valence-corrected chi connectivity index (χ1v) is 8.75. The predicted octanol–water partition coefficient (Wildman–Crippen LogP) is 2.73. The first-order chi connectivity index (χ1) is 9.49. The molecular formula is C15H24N2O2S. The zero-order valence-corrected chi connectivity index (χ0v) is 12.8. The second kappa shape index (κ2) is 8.19. The average Bonchev–Trinajstić information content (AvgIpc) is 2.42. The fraction of sp³-hybridized carbons (Fsp3) is 0.467. The Morgan fingerprint density at radius 3 is 2.70 bits per heavy atom. The van der Waals surface area contributed by atoms with Crippen LogP contribution < -0.4 is 11.3 Å². The summed E-state index contributed by atoms with van der Waals surface area (Å²) >= 11 is 0. The lowest BCUT2D eigenvalue weighted by molar-refractivity contribution is 0.483. The van der Waals surface area contributed by atoms with Crippen molar-refractivity contribution in [3.05, 3.63) is 42.5 Å². The molecule has 20 heavy (non-hydrogen) atoms. The molecule has 112 valence electrons. The molecule has 3 N–H and O–H groups in total. The van der Waals surface area contributed by atoms with E-state index in [1.54, 1.807) is 18.2 Å². The van der Waals surface area contributed by atoms with Gasteiger partial charge in [-0.05, 0) is 37.0 Å². The number of hydrogen-bond donors (Lipinski definition) is 2.